The molecule has 0 atom stereocenters. The fourth-order valence-corrected chi connectivity index (χ4v) is 1.30. The van der Waals surface area contributed by atoms with E-state index in [-0.39, 0.29) is 6.54 Å². The molecule has 0 aliphatic heterocycles. The molecule has 0 heterocycles. The molecule has 0 aliphatic carbocycles. The van der Waals surface area contributed by atoms with Crippen LogP contribution in [0.3, 0.4) is 0 Å². The van der Waals surface area contributed by atoms with E-state index in [0.717, 1.165) is 16.8 Å². The van der Waals surface area contributed by atoms with E-state index in [0.29, 0.717) is 0 Å². The highest BCUT2D eigenvalue weighted by molar-refractivity contribution is 5.79. The Morgan fingerprint density at radius 1 is 1.29 bits per heavy atom. The van der Waals surface area contributed by atoms with Crippen LogP contribution in [0.4, 0.5) is 5.69 Å². The highest BCUT2D eigenvalue weighted by Crippen LogP contribution is 2.12. The van der Waals surface area contributed by atoms with Crippen molar-refractivity contribution >= 4 is 11.6 Å². The highest BCUT2D eigenvalue weighted by Gasteiger charge is 1.99. The first-order valence-electron chi connectivity index (χ1n) is 4.37. The number of nitrogens with one attached hydrogen (secondary N) is 2. The van der Waals surface area contributed by atoms with Crippen molar-refractivity contribution in [3.63, 3.8) is 0 Å². The minimum Gasteiger partial charge on any atom is -0.376 e. The van der Waals surface area contributed by atoms with Gasteiger partial charge in [-0.25, -0.2) is 5.48 Å². The topological polar surface area (TPSA) is 61.4 Å². The second-order valence-electron chi connectivity index (χ2n) is 3.26. The van der Waals surface area contributed by atoms with E-state index in [4.69, 9.17) is 5.21 Å². The third kappa shape index (κ3) is 3.06. The lowest BCUT2D eigenvalue weighted by molar-refractivity contribution is -0.127. The zero-order valence-corrected chi connectivity index (χ0v) is 8.29. The molecule has 1 rings (SSSR count). The Hall–Kier alpha value is -1.55. The largest absolute Gasteiger partial charge is 0.376 e. The predicted octanol–water partition coefficient (Wildman–Crippen LogP) is 1.22. The maximum absolute atomic E-state index is 10.7. The zero-order chi connectivity index (χ0) is 10.6. The van der Waals surface area contributed by atoms with Gasteiger partial charge in [-0.15, -0.1) is 0 Å². The molecule has 0 fully saturated rings. The molecule has 14 heavy (non-hydrogen) atoms. The average molecular weight is 194 g/mol. The number of rotatable bonds is 3. The molecule has 3 N–H and O–H groups in total. The van der Waals surface area contributed by atoms with Crippen LogP contribution < -0.4 is 10.8 Å². The van der Waals surface area contributed by atoms with Gasteiger partial charge in [-0.1, -0.05) is 6.07 Å². The molecule has 0 aromatic heterocycles. The number of carbonyl (C=O) groups is 1. The van der Waals surface area contributed by atoms with Gasteiger partial charge in [-0.2, -0.15) is 0 Å². The first kappa shape index (κ1) is 10.5. The summed E-state index contributed by atoms with van der Waals surface area (Å²) in [5, 5.41) is 11.2. The number of anilines is 1. The minimum atomic E-state index is -0.454. The molecular weight excluding hydrogens is 180 g/mol. The Morgan fingerprint density at radius 3 is 2.36 bits per heavy atom. The number of benzene rings is 1. The van der Waals surface area contributed by atoms with Gasteiger partial charge < -0.3 is 5.32 Å². The molecule has 1 aromatic carbocycles. The lowest BCUT2D eigenvalue weighted by Gasteiger charge is -2.07. The van der Waals surface area contributed by atoms with E-state index in [1.165, 1.54) is 0 Å². The van der Waals surface area contributed by atoms with Crippen molar-refractivity contribution in [1.82, 2.24) is 5.48 Å². The van der Waals surface area contributed by atoms with Gasteiger partial charge in [0, 0.05) is 5.69 Å². The number of carbonyl (C=O) groups excluding carboxylic acids is 1. The van der Waals surface area contributed by atoms with Gasteiger partial charge in [0.2, 0.25) is 0 Å². The number of aryl methyl sites for hydroxylation is 2. The van der Waals surface area contributed by atoms with Gasteiger partial charge >= 0.3 is 0 Å². The quantitative estimate of drug-likeness (QED) is 0.501. The maximum Gasteiger partial charge on any atom is 0.262 e. The smallest absolute Gasteiger partial charge is 0.262 e. The van der Waals surface area contributed by atoms with Gasteiger partial charge in [0.15, 0.2) is 0 Å². The molecule has 1 aromatic rings. The van der Waals surface area contributed by atoms with Crippen molar-refractivity contribution in [1.29, 1.82) is 0 Å². The van der Waals surface area contributed by atoms with Crippen molar-refractivity contribution in [2.75, 3.05) is 11.9 Å². The summed E-state index contributed by atoms with van der Waals surface area (Å²) in [6.45, 7) is 4.05. The Balaban J connectivity index is 2.63. The van der Waals surface area contributed by atoms with E-state index in [1.54, 1.807) is 5.48 Å². The van der Waals surface area contributed by atoms with E-state index in [1.807, 2.05) is 26.0 Å². The standard InChI is InChI=1S/C10H14N2O2/c1-7-3-8(2)5-9(4-7)11-6-10(13)12-14/h3-5,11,14H,6H2,1-2H3,(H,12,13). The summed E-state index contributed by atoms with van der Waals surface area (Å²) >= 11 is 0. The molecule has 4 nitrogen and oxygen atoms in total. The van der Waals surface area contributed by atoms with Crippen LogP contribution in [0.15, 0.2) is 18.2 Å². The lowest BCUT2D eigenvalue weighted by atomic mass is 10.1. The zero-order valence-electron chi connectivity index (χ0n) is 8.29. The predicted molar refractivity (Wildman–Crippen MR) is 54.3 cm³/mol. The van der Waals surface area contributed by atoms with Gasteiger partial charge in [0.05, 0.1) is 6.54 Å². The Bertz CT molecular complexity index is 317. The van der Waals surface area contributed by atoms with Crippen LogP contribution in [0.25, 0.3) is 0 Å². The molecule has 0 spiro atoms. The molecule has 0 saturated carbocycles. The molecule has 4 heteroatoms. The molecule has 0 saturated heterocycles. The first-order chi connectivity index (χ1) is 6.61. The second kappa shape index (κ2) is 4.62. The van der Waals surface area contributed by atoms with Gasteiger partial charge in [-0.05, 0) is 37.1 Å². The summed E-state index contributed by atoms with van der Waals surface area (Å²) in [5.41, 5.74) is 4.72. The van der Waals surface area contributed by atoms with Crippen LogP contribution in [-0.2, 0) is 4.79 Å². The molecule has 76 valence electrons. The SMILES string of the molecule is Cc1cc(C)cc(NCC(=O)NO)c1. The number of amides is 1. The van der Waals surface area contributed by atoms with Crippen molar-refractivity contribution in [2.45, 2.75) is 13.8 Å². The van der Waals surface area contributed by atoms with Crippen LogP contribution in [0.2, 0.25) is 0 Å². The van der Waals surface area contributed by atoms with Crippen molar-refractivity contribution in [2.24, 2.45) is 0 Å². The van der Waals surface area contributed by atoms with Crippen LogP contribution in [-0.4, -0.2) is 17.7 Å². The van der Waals surface area contributed by atoms with E-state index in [2.05, 4.69) is 11.4 Å². The molecular formula is C10H14N2O2. The van der Waals surface area contributed by atoms with Crippen LogP contribution in [0.5, 0.6) is 0 Å². The van der Waals surface area contributed by atoms with E-state index < -0.39 is 5.91 Å². The van der Waals surface area contributed by atoms with Crippen molar-refractivity contribution < 1.29 is 10.0 Å². The van der Waals surface area contributed by atoms with Gasteiger partial charge in [-0.3, -0.25) is 10.0 Å². The minimum absolute atomic E-state index is 0.0688. The molecule has 0 radical (unpaired) electrons. The summed E-state index contributed by atoms with van der Waals surface area (Å²) in [6.07, 6.45) is 0. The lowest BCUT2D eigenvalue weighted by Crippen LogP contribution is -2.26. The molecule has 1 amide bonds. The molecule has 0 aliphatic rings. The summed E-state index contributed by atoms with van der Waals surface area (Å²) < 4.78 is 0. The fraction of sp³-hybridized carbons (Fsp3) is 0.300. The molecule has 0 bridgehead atoms. The highest BCUT2D eigenvalue weighted by atomic mass is 16.5. The summed E-state index contributed by atoms with van der Waals surface area (Å²) in [7, 11) is 0. The second-order valence-corrected chi connectivity index (χ2v) is 3.26. The third-order valence-electron chi connectivity index (χ3n) is 1.80. The van der Waals surface area contributed by atoms with Crippen LogP contribution in [0.1, 0.15) is 11.1 Å². The third-order valence-corrected chi connectivity index (χ3v) is 1.80. The summed E-state index contributed by atoms with van der Waals surface area (Å²) in [6, 6.07) is 5.94. The maximum atomic E-state index is 10.7. The number of hydrogen-bond donors (Lipinski definition) is 3. The monoisotopic (exact) mass is 194 g/mol. The summed E-state index contributed by atoms with van der Waals surface area (Å²) in [5.74, 6) is -0.454. The normalized spacial score (nSPS) is 9.64. The van der Waals surface area contributed by atoms with Gasteiger partial charge in [0.25, 0.3) is 5.91 Å². The Morgan fingerprint density at radius 2 is 1.86 bits per heavy atom. The van der Waals surface area contributed by atoms with Crippen LogP contribution >= 0.6 is 0 Å². The van der Waals surface area contributed by atoms with Crippen molar-refractivity contribution in [3.05, 3.63) is 29.3 Å². The summed E-state index contributed by atoms with van der Waals surface area (Å²) in [4.78, 5) is 10.7. The van der Waals surface area contributed by atoms with E-state index >= 15 is 0 Å². The number of hydroxylamine groups is 1. The first-order valence-corrected chi connectivity index (χ1v) is 4.37. The van der Waals surface area contributed by atoms with E-state index in [9.17, 15) is 4.79 Å². The molecule has 0 unspecified atom stereocenters. The fourth-order valence-electron chi connectivity index (χ4n) is 1.30. The van der Waals surface area contributed by atoms with Crippen molar-refractivity contribution in [3.8, 4) is 0 Å². The number of hydrogen-bond acceptors (Lipinski definition) is 3. The van der Waals surface area contributed by atoms with Crippen LogP contribution in [0, 0.1) is 13.8 Å². The Kier molecular flexibility index (Phi) is 3.48. The average Bonchev–Trinajstić information content (AvgIpc) is 2.12. The Labute approximate surface area is 82.9 Å². The van der Waals surface area contributed by atoms with Gasteiger partial charge in [0.1, 0.15) is 0 Å².